The molecule has 4 nitrogen and oxygen atoms in total. The summed E-state index contributed by atoms with van der Waals surface area (Å²) in [5.41, 5.74) is 7.62. The van der Waals surface area contributed by atoms with Crippen LogP contribution in [0, 0.1) is 32.1 Å². The van der Waals surface area contributed by atoms with E-state index in [9.17, 15) is 0 Å². The van der Waals surface area contributed by atoms with Crippen LogP contribution in [0.2, 0.25) is 0 Å². The Balaban J connectivity index is 1.95. The Labute approximate surface area is 136 Å². The van der Waals surface area contributed by atoms with Crippen molar-refractivity contribution in [1.82, 2.24) is 9.38 Å². The first-order valence-corrected chi connectivity index (χ1v) is 7.74. The van der Waals surface area contributed by atoms with Gasteiger partial charge in [0.15, 0.2) is 5.65 Å². The molecule has 116 valence electrons. The van der Waals surface area contributed by atoms with Crippen molar-refractivity contribution in [3.8, 4) is 6.07 Å². The van der Waals surface area contributed by atoms with E-state index in [0.29, 0.717) is 6.42 Å². The third-order valence-corrected chi connectivity index (χ3v) is 4.33. The molecular formula is C19H20N4. The minimum atomic E-state index is 0.337. The third-order valence-electron chi connectivity index (χ3n) is 4.33. The molecule has 0 aliphatic rings. The fourth-order valence-corrected chi connectivity index (χ4v) is 2.92. The Morgan fingerprint density at radius 2 is 1.87 bits per heavy atom. The zero-order valence-corrected chi connectivity index (χ0v) is 13.7. The number of hydrogen-bond acceptors (Lipinski definition) is 3. The van der Waals surface area contributed by atoms with E-state index in [1.165, 1.54) is 16.7 Å². The fourth-order valence-electron chi connectivity index (χ4n) is 2.92. The maximum absolute atomic E-state index is 8.94. The van der Waals surface area contributed by atoms with E-state index in [-0.39, 0.29) is 0 Å². The number of fused-ring (bicyclic) bond motifs is 1. The molecule has 0 radical (unpaired) electrons. The summed E-state index contributed by atoms with van der Waals surface area (Å²) in [4.78, 5) is 4.64. The van der Waals surface area contributed by atoms with Crippen LogP contribution in [0.1, 0.15) is 28.1 Å². The van der Waals surface area contributed by atoms with Crippen molar-refractivity contribution in [1.29, 1.82) is 5.26 Å². The van der Waals surface area contributed by atoms with Gasteiger partial charge in [0.05, 0.1) is 23.9 Å². The van der Waals surface area contributed by atoms with Crippen LogP contribution in [-0.2, 0) is 13.0 Å². The second-order valence-electron chi connectivity index (χ2n) is 5.82. The highest BCUT2D eigenvalue weighted by Crippen LogP contribution is 2.22. The second kappa shape index (κ2) is 6.13. The number of imidazole rings is 1. The van der Waals surface area contributed by atoms with Crippen LogP contribution in [-0.4, -0.2) is 9.38 Å². The van der Waals surface area contributed by atoms with Gasteiger partial charge in [-0.2, -0.15) is 5.26 Å². The Hall–Kier alpha value is -2.80. The molecular weight excluding hydrogens is 284 g/mol. The van der Waals surface area contributed by atoms with Gasteiger partial charge in [-0.05, 0) is 49.6 Å². The summed E-state index contributed by atoms with van der Waals surface area (Å²) in [6, 6.07) is 12.6. The highest BCUT2D eigenvalue weighted by Gasteiger charge is 2.11. The van der Waals surface area contributed by atoms with Crippen LogP contribution >= 0.6 is 0 Å². The van der Waals surface area contributed by atoms with E-state index in [1.807, 2.05) is 29.7 Å². The van der Waals surface area contributed by atoms with E-state index in [2.05, 4.69) is 48.4 Å². The summed E-state index contributed by atoms with van der Waals surface area (Å²) in [6.45, 7) is 7.03. The number of nitrogens with one attached hydrogen (secondary N) is 1. The molecule has 2 heterocycles. The Kier molecular flexibility index (Phi) is 4.03. The van der Waals surface area contributed by atoms with Crippen LogP contribution in [0.3, 0.4) is 0 Å². The highest BCUT2D eigenvalue weighted by atomic mass is 15.1. The van der Waals surface area contributed by atoms with Gasteiger partial charge in [0.25, 0.3) is 0 Å². The molecule has 0 saturated carbocycles. The molecule has 3 aromatic rings. The van der Waals surface area contributed by atoms with E-state index >= 15 is 0 Å². The number of benzene rings is 1. The average molecular weight is 304 g/mol. The van der Waals surface area contributed by atoms with Gasteiger partial charge in [-0.15, -0.1) is 0 Å². The van der Waals surface area contributed by atoms with Crippen molar-refractivity contribution in [2.45, 2.75) is 33.7 Å². The quantitative estimate of drug-likeness (QED) is 0.794. The number of aryl methyl sites for hydroxylation is 3. The highest BCUT2D eigenvalue weighted by molar-refractivity contribution is 5.69. The summed E-state index contributed by atoms with van der Waals surface area (Å²) in [5.74, 6) is 0. The molecule has 0 amide bonds. The topological polar surface area (TPSA) is 53.1 Å². The Morgan fingerprint density at radius 1 is 1.13 bits per heavy atom. The van der Waals surface area contributed by atoms with Gasteiger partial charge in [0.1, 0.15) is 0 Å². The van der Waals surface area contributed by atoms with Gasteiger partial charge in [-0.3, -0.25) is 0 Å². The number of aromatic nitrogens is 2. The molecule has 0 bridgehead atoms. The first kappa shape index (κ1) is 15.1. The van der Waals surface area contributed by atoms with Crippen LogP contribution < -0.4 is 5.32 Å². The molecule has 4 heteroatoms. The summed E-state index contributed by atoms with van der Waals surface area (Å²) < 4.78 is 2.04. The smallest absolute Gasteiger partial charge is 0.160 e. The second-order valence-corrected chi connectivity index (χ2v) is 5.82. The van der Waals surface area contributed by atoms with Crippen LogP contribution in [0.5, 0.6) is 0 Å². The molecule has 23 heavy (non-hydrogen) atoms. The molecule has 1 aromatic carbocycles. The fraction of sp³-hybridized carbons (Fsp3) is 0.263. The molecule has 0 saturated heterocycles. The predicted octanol–water partition coefficient (Wildman–Crippen LogP) is 3.94. The maximum atomic E-state index is 8.94. The van der Waals surface area contributed by atoms with Gasteiger partial charge in [0.2, 0.25) is 0 Å². The normalized spacial score (nSPS) is 10.7. The minimum absolute atomic E-state index is 0.337. The predicted molar refractivity (Wildman–Crippen MR) is 92.5 cm³/mol. The Bertz CT molecular complexity index is 879. The van der Waals surface area contributed by atoms with Gasteiger partial charge in [-0.1, -0.05) is 18.2 Å². The van der Waals surface area contributed by atoms with Crippen LogP contribution in [0.15, 0.2) is 36.5 Å². The van der Waals surface area contributed by atoms with E-state index in [0.717, 1.165) is 29.3 Å². The molecule has 0 spiro atoms. The van der Waals surface area contributed by atoms with Crippen molar-refractivity contribution >= 4 is 11.3 Å². The largest absolute Gasteiger partial charge is 0.378 e. The first-order chi connectivity index (χ1) is 11.1. The lowest BCUT2D eigenvalue weighted by molar-refractivity contribution is 1.06. The lowest BCUT2D eigenvalue weighted by Gasteiger charge is -2.12. The van der Waals surface area contributed by atoms with Crippen molar-refractivity contribution in [2.75, 3.05) is 5.32 Å². The first-order valence-electron chi connectivity index (χ1n) is 7.74. The van der Waals surface area contributed by atoms with Crippen molar-refractivity contribution in [2.24, 2.45) is 0 Å². The van der Waals surface area contributed by atoms with E-state index < -0.39 is 0 Å². The monoisotopic (exact) mass is 304 g/mol. The number of nitriles is 1. The van der Waals surface area contributed by atoms with Gasteiger partial charge < -0.3 is 9.72 Å². The van der Waals surface area contributed by atoms with Crippen LogP contribution in [0.25, 0.3) is 5.65 Å². The molecule has 0 aliphatic carbocycles. The SMILES string of the molecule is Cc1cccc(C)c1CNc1cccn2c(C)c(CC#N)nc12. The number of hydrogen-bond donors (Lipinski definition) is 1. The molecule has 1 N–H and O–H groups in total. The minimum Gasteiger partial charge on any atom is -0.378 e. The number of rotatable bonds is 4. The summed E-state index contributed by atoms with van der Waals surface area (Å²) in [6.07, 6.45) is 2.33. The van der Waals surface area contributed by atoms with Crippen LogP contribution in [0.4, 0.5) is 5.69 Å². The summed E-state index contributed by atoms with van der Waals surface area (Å²) in [5, 5.41) is 12.4. The average Bonchev–Trinajstić information content (AvgIpc) is 2.85. The van der Waals surface area contributed by atoms with Gasteiger partial charge in [-0.25, -0.2) is 4.98 Å². The standard InChI is InChI=1S/C19H20N4/c1-13-6-4-7-14(2)16(13)12-21-18-8-5-11-23-15(3)17(9-10-20)22-19(18)23/h4-8,11,21H,9,12H2,1-3H3. The summed E-state index contributed by atoms with van der Waals surface area (Å²) >= 11 is 0. The van der Waals surface area contributed by atoms with Crippen molar-refractivity contribution in [3.63, 3.8) is 0 Å². The van der Waals surface area contributed by atoms with Crippen molar-refractivity contribution in [3.05, 3.63) is 64.6 Å². The Morgan fingerprint density at radius 3 is 2.57 bits per heavy atom. The van der Waals surface area contributed by atoms with E-state index in [1.54, 1.807) is 0 Å². The van der Waals surface area contributed by atoms with Crippen molar-refractivity contribution < 1.29 is 0 Å². The molecule has 2 aromatic heterocycles. The molecule has 0 unspecified atom stereocenters. The molecule has 0 aliphatic heterocycles. The third kappa shape index (κ3) is 2.78. The zero-order chi connectivity index (χ0) is 16.4. The maximum Gasteiger partial charge on any atom is 0.160 e. The van der Waals surface area contributed by atoms with Gasteiger partial charge >= 0.3 is 0 Å². The lowest BCUT2D eigenvalue weighted by atomic mass is 10.0. The lowest BCUT2D eigenvalue weighted by Crippen LogP contribution is -2.05. The molecule has 0 atom stereocenters. The molecule has 0 fully saturated rings. The number of pyridine rings is 1. The number of nitrogens with zero attached hydrogens (tertiary/aromatic N) is 3. The number of anilines is 1. The summed E-state index contributed by atoms with van der Waals surface area (Å²) in [7, 11) is 0. The van der Waals surface area contributed by atoms with Gasteiger partial charge in [0, 0.05) is 18.4 Å². The molecule has 3 rings (SSSR count). The zero-order valence-electron chi connectivity index (χ0n) is 13.7. The van der Waals surface area contributed by atoms with E-state index in [4.69, 9.17) is 5.26 Å².